The molecule has 2 aromatic rings. The minimum Gasteiger partial charge on any atom is -0.372 e. The van der Waals surface area contributed by atoms with Crippen LogP contribution in [-0.2, 0) is 9.59 Å². The number of nitrogens with one attached hydrogen (secondary N) is 2. The van der Waals surface area contributed by atoms with Gasteiger partial charge in [0.15, 0.2) is 0 Å². The highest BCUT2D eigenvalue weighted by molar-refractivity contribution is 5.88. The molecular weight excluding hydrogens is 364 g/mol. The monoisotopic (exact) mass is 392 g/mol. The summed E-state index contributed by atoms with van der Waals surface area (Å²) in [5.74, 6) is -0.274. The average molecular weight is 393 g/mol. The highest BCUT2D eigenvalue weighted by Gasteiger charge is 2.21. The molecule has 152 valence electrons. The van der Waals surface area contributed by atoms with Crippen LogP contribution in [0, 0.1) is 0 Å². The van der Waals surface area contributed by atoms with Crippen LogP contribution in [0.25, 0.3) is 5.70 Å². The van der Waals surface area contributed by atoms with E-state index in [0.717, 1.165) is 30.8 Å². The van der Waals surface area contributed by atoms with Crippen LogP contribution in [0.3, 0.4) is 0 Å². The lowest BCUT2D eigenvalue weighted by molar-refractivity contribution is -0.137. The molecule has 2 amide bonds. The Balaban J connectivity index is 1.43. The van der Waals surface area contributed by atoms with Gasteiger partial charge in [0, 0.05) is 31.7 Å². The summed E-state index contributed by atoms with van der Waals surface area (Å²) in [6.07, 6.45) is 2.98. The third kappa shape index (κ3) is 5.85. The molecule has 0 aromatic heterocycles. The third-order valence-electron chi connectivity index (χ3n) is 4.85. The van der Waals surface area contributed by atoms with Gasteiger partial charge in [-0.1, -0.05) is 48.5 Å². The van der Waals surface area contributed by atoms with E-state index in [-0.39, 0.29) is 24.8 Å². The zero-order valence-corrected chi connectivity index (χ0v) is 16.8. The molecule has 0 saturated heterocycles. The first-order valence-electron chi connectivity index (χ1n) is 10.1. The second kappa shape index (κ2) is 10.3. The van der Waals surface area contributed by atoms with Gasteiger partial charge in [-0.25, -0.2) is 5.01 Å². The first-order valence-corrected chi connectivity index (χ1v) is 10.1. The van der Waals surface area contributed by atoms with E-state index in [0.29, 0.717) is 6.54 Å². The summed E-state index contributed by atoms with van der Waals surface area (Å²) in [5.41, 5.74) is 6.09. The van der Waals surface area contributed by atoms with Gasteiger partial charge < -0.3 is 10.2 Å². The molecule has 1 aliphatic rings. The maximum Gasteiger partial charge on any atom is 0.245 e. The van der Waals surface area contributed by atoms with Gasteiger partial charge in [-0.3, -0.25) is 15.0 Å². The summed E-state index contributed by atoms with van der Waals surface area (Å²) >= 11 is 0. The molecule has 1 heterocycles. The lowest BCUT2D eigenvalue weighted by Crippen LogP contribution is -2.49. The second-order valence-electron chi connectivity index (χ2n) is 6.90. The number of hydrogen-bond acceptors (Lipinski definition) is 4. The van der Waals surface area contributed by atoms with Crippen molar-refractivity contribution in [2.24, 2.45) is 0 Å². The van der Waals surface area contributed by atoms with E-state index in [4.69, 9.17) is 0 Å². The standard InChI is InChI=1S/C23H28N4O2/c1-2-26(20-12-7-4-8-13-20)17-9-16-24-22(28)18-27-23(29)15-14-21(25-27)19-10-5-3-6-11-19/h3-8,10-14,25H,2,9,15-18H2,1H3,(H,24,28). The third-order valence-corrected chi connectivity index (χ3v) is 4.85. The molecule has 0 saturated carbocycles. The number of carbonyl (C=O) groups is 2. The first kappa shape index (κ1) is 20.5. The molecule has 0 spiro atoms. The fourth-order valence-electron chi connectivity index (χ4n) is 3.29. The predicted octanol–water partition coefficient (Wildman–Crippen LogP) is 2.80. The van der Waals surface area contributed by atoms with Gasteiger partial charge in [0.25, 0.3) is 0 Å². The summed E-state index contributed by atoms with van der Waals surface area (Å²) in [6, 6.07) is 20.0. The Kier molecular flexibility index (Phi) is 7.28. The second-order valence-corrected chi connectivity index (χ2v) is 6.90. The van der Waals surface area contributed by atoms with E-state index >= 15 is 0 Å². The number of nitrogens with zero attached hydrogens (tertiary/aromatic N) is 2. The van der Waals surface area contributed by atoms with E-state index in [9.17, 15) is 9.59 Å². The summed E-state index contributed by atoms with van der Waals surface area (Å²) in [4.78, 5) is 26.7. The van der Waals surface area contributed by atoms with Crippen molar-refractivity contribution in [2.45, 2.75) is 19.8 Å². The van der Waals surface area contributed by atoms with Gasteiger partial charge in [0.1, 0.15) is 6.54 Å². The Labute approximate surface area is 172 Å². The topological polar surface area (TPSA) is 64.7 Å². The van der Waals surface area contributed by atoms with Crippen molar-refractivity contribution >= 4 is 23.2 Å². The van der Waals surface area contributed by atoms with Gasteiger partial charge >= 0.3 is 0 Å². The number of anilines is 1. The summed E-state index contributed by atoms with van der Waals surface area (Å²) in [7, 11) is 0. The van der Waals surface area contributed by atoms with Crippen LogP contribution in [0.4, 0.5) is 5.69 Å². The van der Waals surface area contributed by atoms with Gasteiger partial charge in [0.05, 0.1) is 5.70 Å². The Morgan fingerprint density at radius 3 is 2.48 bits per heavy atom. The molecule has 0 atom stereocenters. The van der Waals surface area contributed by atoms with Crippen molar-refractivity contribution in [1.82, 2.24) is 15.8 Å². The summed E-state index contributed by atoms with van der Waals surface area (Å²) < 4.78 is 0. The largest absolute Gasteiger partial charge is 0.372 e. The quantitative estimate of drug-likeness (QED) is 0.644. The molecule has 0 bridgehead atoms. The number of rotatable bonds is 9. The van der Waals surface area contributed by atoms with Crippen molar-refractivity contribution < 1.29 is 9.59 Å². The smallest absolute Gasteiger partial charge is 0.245 e. The number of carbonyl (C=O) groups excluding carboxylic acids is 2. The highest BCUT2D eigenvalue weighted by atomic mass is 16.2. The first-order chi connectivity index (χ1) is 14.2. The van der Waals surface area contributed by atoms with E-state index in [2.05, 4.69) is 34.7 Å². The molecule has 29 heavy (non-hydrogen) atoms. The zero-order valence-electron chi connectivity index (χ0n) is 16.8. The van der Waals surface area contributed by atoms with Crippen LogP contribution in [0.15, 0.2) is 66.7 Å². The van der Waals surface area contributed by atoms with Crippen LogP contribution in [0.1, 0.15) is 25.3 Å². The number of para-hydroxylation sites is 1. The molecule has 0 aliphatic carbocycles. The lowest BCUT2D eigenvalue weighted by atomic mass is 10.1. The van der Waals surface area contributed by atoms with Crippen LogP contribution in [-0.4, -0.2) is 43.0 Å². The molecule has 2 N–H and O–H groups in total. The molecule has 1 aliphatic heterocycles. The van der Waals surface area contributed by atoms with Crippen LogP contribution < -0.4 is 15.6 Å². The fourth-order valence-corrected chi connectivity index (χ4v) is 3.29. The molecular formula is C23H28N4O2. The molecule has 0 unspecified atom stereocenters. The Morgan fingerprint density at radius 1 is 1.10 bits per heavy atom. The minimum absolute atomic E-state index is 0.000809. The number of amides is 2. The van der Waals surface area contributed by atoms with E-state index in [1.807, 2.05) is 54.6 Å². The summed E-state index contributed by atoms with van der Waals surface area (Å²) in [6.45, 7) is 4.48. The normalized spacial score (nSPS) is 13.5. The van der Waals surface area contributed by atoms with Crippen molar-refractivity contribution in [3.05, 3.63) is 72.3 Å². The highest BCUT2D eigenvalue weighted by Crippen LogP contribution is 2.16. The molecule has 2 aromatic carbocycles. The Morgan fingerprint density at radius 2 is 1.79 bits per heavy atom. The van der Waals surface area contributed by atoms with Crippen LogP contribution in [0.2, 0.25) is 0 Å². The molecule has 6 nitrogen and oxygen atoms in total. The Hall–Kier alpha value is -3.28. The molecule has 3 rings (SSSR count). The SMILES string of the molecule is CCN(CCCNC(=O)CN1NC(c2ccccc2)=CCC1=O)c1ccccc1. The van der Waals surface area contributed by atoms with Gasteiger partial charge in [-0.2, -0.15) is 0 Å². The molecule has 0 radical (unpaired) electrons. The van der Waals surface area contributed by atoms with E-state index in [1.54, 1.807) is 0 Å². The molecule has 6 heteroatoms. The maximum atomic E-state index is 12.3. The van der Waals surface area contributed by atoms with E-state index < -0.39 is 0 Å². The average Bonchev–Trinajstić information content (AvgIpc) is 2.76. The number of hydrogen-bond donors (Lipinski definition) is 2. The van der Waals surface area contributed by atoms with Gasteiger partial charge in [0.2, 0.25) is 11.8 Å². The van der Waals surface area contributed by atoms with Crippen molar-refractivity contribution in [2.75, 3.05) is 31.1 Å². The van der Waals surface area contributed by atoms with Gasteiger partial charge in [-0.05, 0) is 37.1 Å². The Bertz CT molecular complexity index is 836. The summed E-state index contributed by atoms with van der Waals surface area (Å²) in [5, 5.41) is 4.31. The predicted molar refractivity (Wildman–Crippen MR) is 116 cm³/mol. The zero-order chi connectivity index (χ0) is 20.5. The fraction of sp³-hybridized carbons (Fsp3) is 0.304. The number of benzene rings is 2. The lowest BCUT2D eigenvalue weighted by Gasteiger charge is -2.29. The van der Waals surface area contributed by atoms with Crippen molar-refractivity contribution in [1.29, 1.82) is 0 Å². The minimum atomic E-state index is -0.164. The van der Waals surface area contributed by atoms with Crippen LogP contribution in [0.5, 0.6) is 0 Å². The van der Waals surface area contributed by atoms with Crippen molar-refractivity contribution in [3.8, 4) is 0 Å². The van der Waals surface area contributed by atoms with Crippen LogP contribution >= 0.6 is 0 Å². The van der Waals surface area contributed by atoms with Crippen molar-refractivity contribution in [3.63, 3.8) is 0 Å². The number of hydrazine groups is 1. The van der Waals surface area contributed by atoms with Gasteiger partial charge in [-0.15, -0.1) is 0 Å². The van der Waals surface area contributed by atoms with E-state index in [1.165, 1.54) is 10.7 Å². The maximum absolute atomic E-state index is 12.3. The molecule has 0 fully saturated rings.